The SMILES string of the molecule is Cc1ccc(-c2cc3c(N4CCCC4)nc(N4CCCC4)nc3n2CCN2CC(C)NC(C)C2)cc1.Cl. The maximum atomic E-state index is 5.27. The minimum atomic E-state index is 0. The third-order valence-corrected chi connectivity index (χ3v) is 8.14. The number of hydrogen-bond acceptors (Lipinski definition) is 6. The Kier molecular flexibility index (Phi) is 7.93. The lowest BCUT2D eigenvalue weighted by Crippen LogP contribution is -2.54. The Morgan fingerprint density at radius 3 is 2.11 bits per heavy atom. The van der Waals surface area contributed by atoms with Gasteiger partial charge in [-0.3, -0.25) is 4.90 Å². The summed E-state index contributed by atoms with van der Waals surface area (Å²) in [5.41, 5.74) is 4.91. The number of halogens is 1. The van der Waals surface area contributed by atoms with Crippen LogP contribution in [-0.2, 0) is 6.54 Å². The number of rotatable bonds is 6. The van der Waals surface area contributed by atoms with Crippen LogP contribution in [0.2, 0.25) is 0 Å². The van der Waals surface area contributed by atoms with Crippen molar-refractivity contribution >= 4 is 35.2 Å². The smallest absolute Gasteiger partial charge is 0.229 e. The summed E-state index contributed by atoms with van der Waals surface area (Å²) in [6.45, 7) is 15.2. The second kappa shape index (κ2) is 11.2. The van der Waals surface area contributed by atoms with Crippen LogP contribution in [0.15, 0.2) is 30.3 Å². The fraction of sp³-hybridized carbons (Fsp3) is 0.586. The summed E-state index contributed by atoms with van der Waals surface area (Å²) in [6.07, 6.45) is 4.95. The van der Waals surface area contributed by atoms with Gasteiger partial charge in [0.15, 0.2) is 0 Å². The molecule has 0 saturated carbocycles. The van der Waals surface area contributed by atoms with Crippen molar-refractivity contribution in [3.05, 3.63) is 35.9 Å². The van der Waals surface area contributed by atoms with Crippen LogP contribution in [0, 0.1) is 6.92 Å². The average molecular weight is 524 g/mol. The molecule has 2 unspecified atom stereocenters. The number of aromatic nitrogens is 3. The highest BCUT2D eigenvalue weighted by Crippen LogP contribution is 2.36. The van der Waals surface area contributed by atoms with Crippen molar-refractivity contribution in [1.29, 1.82) is 0 Å². The highest BCUT2D eigenvalue weighted by molar-refractivity contribution is 5.94. The van der Waals surface area contributed by atoms with E-state index >= 15 is 0 Å². The molecule has 8 heteroatoms. The maximum Gasteiger partial charge on any atom is 0.229 e. The molecule has 0 amide bonds. The molecule has 200 valence electrons. The zero-order valence-electron chi connectivity index (χ0n) is 22.6. The molecule has 3 saturated heterocycles. The van der Waals surface area contributed by atoms with E-state index in [0.29, 0.717) is 12.1 Å². The molecule has 3 aliphatic heterocycles. The van der Waals surface area contributed by atoms with Gasteiger partial charge in [-0.1, -0.05) is 29.8 Å². The van der Waals surface area contributed by atoms with E-state index in [1.807, 2.05) is 0 Å². The van der Waals surface area contributed by atoms with Crippen molar-refractivity contribution in [3.8, 4) is 11.3 Å². The van der Waals surface area contributed by atoms with Gasteiger partial charge in [0.25, 0.3) is 0 Å². The molecule has 2 aromatic heterocycles. The van der Waals surface area contributed by atoms with Crippen LogP contribution in [0.1, 0.15) is 45.1 Å². The lowest BCUT2D eigenvalue weighted by atomic mass is 10.1. The number of nitrogens with zero attached hydrogens (tertiary/aromatic N) is 6. The zero-order valence-corrected chi connectivity index (χ0v) is 23.4. The van der Waals surface area contributed by atoms with Crippen LogP contribution >= 0.6 is 12.4 Å². The minimum Gasteiger partial charge on any atom is -0.356 e. The van der Waals surface area contributed by atoms with Crippen molar-refractivity contribution < 1.29 is 0 Å². The van der Waals surface area contributed by atoms with E-state index in [1.54, 1.807) is 0 Å². The molecular weight excluding hydrogens is 482 g/mol. The zero-order chi connectivity index (χ0) is 24.6. The predicted molar refractivity (Wildman–Crippen MR) is 156 cm³/mol. The van der Waals surface area contributed by atoms with Gasteiger partial charge in [-0.15, -0.1) is 12.4 Å². The van der Waals surface area contributed by atoms with E-state index in [0.717, 1.165) is 69.8 Å². The van der Waals surface area contributed by atoms with Crippen molar-refractivity contribution in [3.63, 3.8) is 0 Å². The number of anilines is 2. The molecule has 0 bridgehead atoms. The standard InChI is InChI=1S/C29H41N7.ClH/c1-21-8-10-24(11-9-21)26-18-25-27(34-12-4-5-13-34)31-29(35-14-6-7-15-35)32-28(25)36(26)17-16-33-19-22(2)30-23(3)20-33;/h8-11,18,22-23,30H,4-7,12-17,19-20H2,1-3H3;1H. The fourth-order valence-corrected chi connectivity index (χ4v) is 6.38. The Bertz CT molecular complexity index is 1190. The van der Waals surface area contributed by atoms with Crippen LogP contribution in [0.5, 0.6) is 0 Å². The molecule has 1 N–H and O–H groups in total. The molecule has 3 aliphatic rings. The van der Waals surface area contributed by atoms with E-state index in [9.17, 15) is 0 Å². The van der Waals surface area contributed by atoms with Crippen LogP contribution in [0.3, 0.4) is 0 Å². The Hall–Kier alpha value is -2.35. The molecule has 1 aromatic carbocycles. The fourth-order valence-electron chi connectivity index (χ4n) is 6.38. The van der Waals surface area contributed by atoms with Gasteiger partial charge in [0.05, 0.1) is 11.1 Å². The summed E-state index contributed by atoms with van der Waals surface area (Å²) in [5.74, 6) is 2.05. The second-order valence-corrected chi connectivity index (χ2v) is 11.2. The highest BCUT2D eigenvalue weighted by atomic mass is 35.5. The second-order valence-electron chi connectivity index (χ2n) is 11.2. The van der Waals surface area contributed by atoms with E-state index < -0.39 is 0 Å². The molecule has 3 aromatic rings. The van der Waals surface area contributed by atoms with Gasteiger partial charge < -0.3 is 19.7 Å². The number of benzene rings is 1. The molecule has 3 fully saturated rings. The summed E-state index contributed by atoms with van der Waals surface area (Å²) < 4.78 is 2.48. The first-order valence-corrected chi connectivity index (χ1v) is 14.0. The number of aryl methyl sites for hydroxylation is 1. The monoisotopic (exact) mass is 523 g/mol. The first-order valence-electron chi connectivity index (χ1n) is 14.0. The number of fused-ring (bicyclic) bond motifs is 1. The number of nitrogens with one attached hydrogen (secondary N) is 1. The quantitative estimate of drug-likeness (QED) is 0.505. The van der Waals surface area contributed by atoms with Gasteiger partial charge in [0.2, 0.25) is 5.95 Å². The maximum absolute atomic E-state index is 5.27. The summed E-state index contributed by atoms with van der Waals surface area (Å²) in [6, 6.07) is 12.4. The summed E-state index contributed by atoms with van der Waals surface area (Å²) in [5, 5.41) is 4.88. The summed E-state index contributed by atoms with van der Waals surface area (Å²) >= 11 is 0. The number of hydrogen-bond donors (Lipinski definition) is 1. The molecule has 6 rings (SSSR count). The van der Waals surface area contributed by atoms with Gasteiger partial charge in [-0.2, -0.15) is 9.97 Å². The van der Waals surface area contributed by atoms with E-state index in [-0.39, 0.29) is 12.4 Å². The molecule has 37 heavy (non-hydrogen) atoms. The average Bonchev–Trinajstić information content (AvgIpc) is 3.63. The van der Waals surface area contributed by atoms with Crippen LogP contribution < -0.4 is 15.1 Å². The number of piperazine rings is 1. The van der Waals surface area contributed by atoms with Crippen LogP contribution in [0.25, 0.3) is 22.3 Å². The van der Waals surface area contributed by atoms with Gasteiger partial charge in [-0.25, -0.2) is 0 Å². The van der Waals surface area contributed by atoms with Crippen LogP contribution in [0.4, 0.5) is 11.8 Å². The first-order chi connectivity index (χ1) is 17.5. The lowest BCUT2D eigenvalue weighted by molar-refractivity contribution is 0.169. The van der Waals surface area contributed by atoms with Crippen molar-refractivity contribution in [2.24, 2.45) is 0 Å². The molecule has 0 spiro atoms. The van der Waals surface area contributed by atoms with Gasteiger partial charge >= 0.3 is 0 Å². The molecule has 5 heterocycles. The summed E-state index contributed by atoms with van der Waals surface area (Å²) in [7, 11) is 0. The molecule has 2 atom stereocenters. The minimum absolute atomic E-state index is 0. The highest BCUT2D eigenvalue weighted by Gasteiger charge is 2.26. The van der Waals surface area contributed by atoms with Crippen molar-refractivity contribution in [1.82, 2.24) is 24.8 Å². The first kappa shape index (κ1) is 26.3. The molecule has 0 aliphatic carbocycles. The Labute approximate surface area is 227 Å². The third-order valence-electron chi connectivity index (χ3n) is 8.14. The molecule has 7 nitrogen and oxygen atoms in total. The predicted octanol–water partition coefficient (Wildman–Crippen LogP) is 4.71. The van der Waals surface area contributed by atoms with Crippen LogP contribution in [-0.4, -0.2) is 77.3 Å². The Morgan fingerprint density at radius 1 is 0.838 bits per heavy atom. The largest absolute Gasteiger partial charge is 0.356 e. The van der Waals surface area contributed by atoms with E-state index in [4.69, 9.17) is 9.97 Å². The normalized spacial score (nSPS) is 22.7. The summed E-state index contributed by atoms with van der Waals surface area (Å²) in [4.78, 5) is 18.0. The van der Waals surface area contributed by atoms with Crippen molar-refractivity contribution in [2.45, 2.75) is 65.1 Å². The van der Waals surface area contributed by atoms with Gasteiger partial charge in [0, 0.05) is 64.4 Å². The molecular formula is C29H42ClN7. The lowest BCUT2D eigenvalue weighted by Gasteiger charge is -2.36. The van der Waals surface area contributed by atoms with Gasteiger partial charge in [-0.05, 0) is 58.1 Å². The Balaban J connectivity index is 0.00000280. The van der Waals surface area contributed by atoms with E-state index in [2.05, 4.69) is 75.7 Å². The molecule has 0 radical (unpaired) electrons. The van der Waals surface area contributed by atoms with E-state index in [1.165, 1.54) is 47.9 Å². The van der Waals surface area contributed by atoms with Crippen molar-refractivity contribution in [2.75, 3.05) is 55.6 Å². The Morgan fingerprint density at radius 2 is 1.46 bits per heavy atom. The third kappa shape index (κ3) is 5.45. The van der Waals surface area contributed by atoms with Gasteiger partial charge in [0.1, 0.15) is 11.5 Å². The topological polar surface area (TPSA) is 52.5 Å².